The number of anilines is 2. The van der Waals surface area contributed by atoms with E-state index in [1.165, 1.54) is 0 Å². The summed E-state index contributed by atoms with van der Waals surface area (Å²) in [6.07, 6.45) is 0.0973. The van der Waals surface area contributed by atoms with Crippen molar-refractivity contribution in [2.24, 2.45) is 0 Å². The van der Waals surface area contributed by atoms with Gasteiger partial charge in [-0.1, -0.05) is 0 Å². The van der Waals surface area contributed by atoms with Crippen LogP contribution in [0.2, 0.25) is 0 Å². The lowest BCUT2D eigenvalue weighted by molar-refractivity contribution is -0.137. The molecule has 0 saturated carbocycles. The molecule has 6 nitrogen and oxygen atoms in total. The van der Waals surface area contributed by atoms with E-state index in [4.69, 9.17) is 9.72 Å². The van der Waals surface area contributed by atoms with Crippen LogP contribution in [0, 0.1) is 6.92 Å². The van der Waals surface area contributed by atoms with Crippen LogP contribution in [0.25, 0.3) is 0 Å². The maximum atomic E-state index is 13.0. The lowest BCUT2D eigenvalue weighted by Gasteiger charge is -2.23. The molecule has 4 heterocycles. The summed E-state index contributed by atoms with van der Waals surface area (Å²) in [4.78, 5) is 15.4. The van der Waals surface area contributed by atoms with Crippen molar-refractivity contribution in [3.8, 4) is 0 Å². The van der Waals surface area contributed by atoms with Crippen molar-refractivity contribution in [1.82, 2.24) is 15.0 Å². The summed E-state index contributed by atoms with van der Waals surface area (Å²) in [6, 6.07) is 4.07. The molecule has 29 heavy (non-hydrogen) atoms. The average Bonchev–Trinajstić information content (AvgIpc) is 3.16. The van der Waals surface area contributed by atoms with E-state index in [1.807, 2.05) is 6.07 Å². The van der Waals surface area contributed by atoms with Gasteiger partial charge in [0.15, 0.2) is 0 Å². The predicted octanol–water partition coefficient (Wildman–Crippen LogP) is 3.78. The molecule has 2 aliphatic rings. The normalized spacial score (nSPS) is 20.8. The van der Waals surface area contributed by atoms with E-state index < -0.39 is 11.7 Å². The van der Waals surface area contributed by atoms with Crippen LogP contribution in [-0.4, -0.2) is 47.3 Å². The van der Waals surface area contributed by atoms with Crippen molar-refractivity contribution in [3.63, 3.8) is 0 Å². The predicted molar refractivity (Wildman–Crippen MR) is 103 cm³/mol. The second-order valence-corrected chi connectivity index (χ2v) is 7.62. The number of pyridine rings is 1. The van der Waals surface area contributed by atoms with Crippen molar-refractivity contribution in [2.45, 2.75) is 44.3 Å². The van der Waals surface area contributed by atoms with Crippen LogP contribution in [0.5, 0.6) is 0 Å². The van der Waals surface area contributed by atoms with Crippen molar-refractivity contribution < 1.29 is 17.9 Å². The molecule has 0 amide bonds. The second kappa shape index (κ2) is 8.14. The number of aryl methyl sites for hydroxylation is 1. The van der Waals surface area contributed by atoms with Gasteiger partial charge in [0.1, 0.15) is 5.82 Å². The molecule has 0 aromatic carbocycles. The number of hydrogen-bond donors (Lipinski definition) is 1. The number of ether oxygens (including phenoxy) is 1. The van der Waals surface area contributed by atoms with E-state index in [2.05, 4.69) is 20.2 Å². The highest BCUT2D eigenvalue weighted by Crippen LogP contribution is 2.31. The molecule has 1 atom stereocenters. The van der Waals surface area contributed by atoms with E-state index in [9.17, 15) is 13.2 Å². The Labute approximate surface area is 167 Å². The molecule has 0 radical (unpaired) electrons. The van der Waals surface area contributed by atoms with Gasteiger partial charge in [0, 0.05) is 55.8 Å². The van der Waals surface area contributed by atoms with E-state index in [0.29, 0.717) is 24.1 Å². The Morgan fingerprint density at radius 2 is 1.93 bits per heavy atom. The Kier molecular flexibility index (Phi) is 5.58. The lowest BCUT2D eigenvalue weighted by atomic mass is 9.96. The highest BCUT2D eigenvalue weighted by atomic mass is 19.4. The molecule has 1 N–H and O–H groups in total. The van der Waals surface area contributed by atoms with E-state index in [0.717, 1.165) is 56.8 Å². The van der Waals surface area contributed by atoms with Gasteiger partial charge in [-0.2, -0.15) is 13.2 Å². The summed E-state index contributed by atoms with van der Waals surface area (Å²) in [5, 5.41) is 3.15. The third-order valence-corrected chi connectivity index (χ3v) is 5.41. The fourth-order valence-electron chi connectivity index (χ4n) is 3.91. The van der Waals surface area contributed by atoms with Gasteiger partial charge in [-0.25, -0.2) is 15.0 Å². The minimum Gasteiger partial charge on any atom is -0.381 e. The van der Waals surface area contributed by atoms with Gasteiger partial charge in [0.05, 0.1) is 5.56 Å². The van der Waals surface area contributed by atoms with Gasteiger partial charge >= 0.3 is 6.18 Å². The molecule has 2 saturated heterocycles. The van der Waals surface area contributed by atoms with Gasteiger partial charge in [0.25, 0.3) is 0 Å². The Bertz CT molecular complexity index is 854. The van der Waals surface area contributed by atoms with Crippen LogP contribution in [-0.2, 0) is 10.9 Å². The number of nitrogens with one attached hydrogen (secondary N) is 1. The van der Waals surface area contributed by atoms with E-state index in [-0.39, 0.29) is 11.9 Å². The van der Waals surface area contributed by atoms with Gasteiger partial charge in [0.2, 0.25) is 5.95 Å². The quantitative estimate of drug-likeness (QED) is 0.832. The first-order valence-corrected chi connectivity index (χ1v) is 9.86. The van der Waals surface area contributed by atoms with Crippen molar-refractivity contribution in [3.05, 3.63) is 41.3 Å². The zero-order chi connectivity index (χ0) is 20.4. The van der Waals surface area contributed by atoms with Crippen LogP contribution in [0.3, 0.4) is 0 Å². The molecular weight excluding hydrogens is 383 g/mol. The molecule has 156 valence electrons. The van der Waals surface area contributed by atoms with Crippen molar-refractivity contribution in [1.29, 1.82) is 0 Å². The fraction of sp³-hybridized carbons (Fsp3) is 0.550. The van der Waals surface area contributed by atoms with Crippen molar-refractivity contribution in [2.75, 3.05) is 36.5 Å². The van der Waals surface area contributed by atoms with E-state index >= 15 is 0 Å². The van der Waals surface area contributed by atoms with Gasteiger partial charge in [-0.05, 0) is 44.4 Å². The van der Waals surface area contributed by atoms with Gasteiger partial charge < -0.3 is 15.0 Å². The maximum absolute atomic E-state index is 13.0. The summed E-state index contributed by atoms with van der Waals surface area (Å²) in [6.45, 7) is 4.43. The highest BCUT2D eigenvalue weighted by Gasteiger charge is 2.32. The molecule has 2 aromatic rings. The zero-order valence-corrected chi connectivity index (χ0v) is 16.2. The van der Waals surface area contributed by atoms with Crippen LogP contribution in [0.1, 0.15) is 42.1 Å². The van der Waals surface area contributed by atoms with Gasteiger partial charge in [-0.3, -0.25) is 0 Å². The molecule has 0 aliphatic carbocycles. The SMILES string of the molecule is Cc1cc(C(F)(F)F)cc(NC2CCN(c3nccc(C4CCOCC4)n3)C2)n1. The van der Waals surface area contributed by atoms with Crippen molar-refractivity contribution >= 4 is 11.8 Å². The summed E-state index contributed by atoms with van der Waals surface area (Å²) < 4.78 is 44.6. The monoisotopic (exact) mass is 407 g/mol. The van der Waals surface area contributed by atoms with Gasteiger partial charge in [-0.15, -0.1) is 0 Å². The third-order valence-electron chi connectivity index (χ3n) is 5.41. The third kappa shape index (κ3) is 4.77. The summed E-state index contributed by atoms with van der Waals surface area (Å²) in [5.74, 6) is 1.31. The largest absolute Gasteiger partial charge is 0.416 e. The highest BCUT2D eigenvalue weighted by molar-refractivity contribution is 5.43. The average molecular weight is 407 g/mol. The molecule has 0 bridgehead atoms. The first kappa shape index (κ1) is 19.9. The molecule has 1 unspecified atom stereocenters. The fourth-order valence-corrected chi connectivity index (χ4v) is 3.91. The molecular formula is C20H24F3N5O. The Balaban J connectivity index is 1.43. The van der Waals surface area contributed by atoms with E-state index in [1.54, 1.807) is 13.1 Å². The summed E-state index contributed by atoms with van der Waals surface area (Å²) in [5.41, 5.74) is 0.685. The number of alkyl halides is 3. The first-order valence-electron chi connectivity index (χ1n) is 9.86. The summed E-state index contributed by atoms with van der Waals surface area (Å²) in [7, 11) is 0. The standard InChI is InChI=1S/C20H24F3N5O/c1-13-10-15(20(21,22)23)11-18(25-13)26-16-3-7-28(12-16)19-24-6-2-17(27-19)14-4-8-29-9-5-14/h2,6,10-11,14,16H,3-5,7-9,12H2,1H3,(H,25,26). The lowest BCUT2D eigenvalue weighted by Crippen LogP contribution is -2.28. The maximum Gasteiger partial charge on any atom is 0.416 e. The zero-order valence-electron chi connectivity index (χ0n) is 16.2. The number of hydrogen-bond acceptors (Lipinski definition) is 6. The van der Waals surface area contributed by atoms with Crippen LogP contribution in [0.15, 0.2) is 24.4 Å². The Morgan fingerprint density at radius 1 is 1.14 bits per heavy atom. The van der Waals surface area contributed by atoms with Crippen LogP contribution >= 0.6 is 0 Å². The number of nitrogens with zero attached hydrogens (tertiary/aromatic N) is 4. The molecule has 2 aromatic heterocycles. The number of aromatic nitrogens is 3. The number of halogens is 3. The molecule has 9 heteroatoms. The molecule has 2 fully saturated rings. The van der Waals surface area contributed by atoms with Crippen LogP contribution in [0.4, 0.5) is 24.9 Å². The number of rotatable bonds is 4. The smallest absolute Gasteiger partial charge is 0.381 e. The minimum atomic E-state index is -4.38. The first-order chi connectivity index (χ1) is 13.9. The topological polar surface area (TPSA) is 63.2 Å². The molecule has 2 aliphatic heterocycles. The minimum absolute atomic E-state index is 0.0132. The Hall–Kier alpha value is -2.42. The van der Waals surface area contributed by atoms with Crippen LogP contribution < -0.4 is 10.2 Å². The molecule has 4 rings (SSSR count). The second-order valence-electron chi connectivity index (χ2n) is 7.62. The molecule has 0 spiro atoms. The summed E-state index contributed by atoms with van der Waals surface area (Å²) >= 11 is 0. The Morgan fingerprint density at radius 3 is 2.69 bits per heavy atom.